The van der Waals surface area contributed by atoms with Gasteiger partial charge in [0.1, 0.15) is 0 Å². The first-order valence-corrected chi connectivity index (χ1v) is 6.46. The standard InChI is InChI=1S/C15H24N2/c1-15(2,17(3)4)11-16-14-9-12-7-5-6-8-13(12)10-14/h5-8,14,16H,9-11H2,1-4H3. The number of likely N-dealkylation sites (N-methyl/N-ethyl adjacent to an activating group) is 1. The molecule has 0 aromatic heterocycles. The van der Waals surface area contributed by atoms with Gasteiger partial charge in [0, 0.05) is 18.1 Å². The van der Waals surface area contributed by atoms with Crippen molar-refractivity contribution in [2.24, 2.45) is 0 Å². The molecule has 2 rings (SSSR count). The van der Waals surface area contributed by atoms with E-state index in [1.165, 1.54) is 24.0 Å². The molecule has 0 fully saturated rings. The van der Waals surface area contributed by atoms with Gasteiger partial charge >= 0.3 is 0 Å². The van der Waals surface area contributed by atoms with Gasteiger partial charge in [0.15, 0.2) is 0 Å². The van der Waals surface area contributed by atoms with Crippen molar-refractivity contribution in [3.8, 4) is 0 Å². The molecule has 0 radical (unpaired) electrons. The topological polar surface area (TPSA) is 15.3 Å². The number of hydrogen-bond donors (Lipinski definition) is 1. The fourth-order valence-electron chi connectivity index (χ4n) is 2.26. The molecule has 1 aliphatic rings. The molecule has 1 aromatic carbocycles. The molecular formula is C15H24N2. The van der Waals surface area contributed by atoms with Gasteiger partial charge < -0.3 is 10.2 Å². The van der Waals surface area contributed by atoms with Gasteiger partial charge in [-0.05, 0) is 51.9 Å². The van der Waals surface area contributed by atoms with E-state index in [1.54, 1.807) is 0 Å². The van der Waals surface area contributed by atoms with Gasteiger partial charge in [-0.3, -0.25) is 0 Å². The molecule has 2 nitrogen and oxygen atoms in total. The maximum Gasteiger partial charge on any atom is 0.0271 e. The minimum Gasteiger partial charge on any atom is -0.311 e. The lowest BCUT2D eigenvalue weighted by Gasteiger charge is -2.34. The van der Waals surface area contributed by atoms with Crippen molar-refractivity contribution in [1.82, 2.24) is 10.2 Å². The molecule has 0 bridgehead atoms. The first kappa shape index (κ1) is 12.6. The number of nitrogens with zero attached hydrogens (tertiary/aromatic N) is 1. The zero-order chi connectivity index (χ0) is 12.5. The SMILES string of the molecule is CN(C)C(C)(C)CNC1Cc2ccccc2C1. The summed E-state index contributed by atoms with van der Waals surface area (Å²) in [6, 6.07) is 9.42. The normalized spacial score (nSPS) is 16.5. The first-order valence-electron chi connectivity index (χ1n) is 6.46. The molecule has 0 atom stereocenters. The fourth-order valence-corrected chi connectivity index (χ4v) is 2.26. The van der Waals surface area contributed by atoms with Crippen LogP contribution in [-0.4, -0.2) is 37.1 Å². The van der Waals surface area contributed by atoms with E-state index in [0.29, 0.717) is 6.04 Å². The van der Waals surface area contributed by atoms with Crippen molar-refractivity contribution < 1.29 is 0 Å². The summed E-state index contributed by atoms with van der Waals surface area (Å²) in [5.41, 5.74) is 3.26. The van der Waals surface area contributed by atoms with Gasteiger partial charge in [-0.1, -0.05) is 24.3 Å². The molecule has 17 heavy (non-hydrogen) atoms. The average Bonchev–Trinajstić information content (AvgIpc) is 2.69. The summed E-state index contributed by atoms with van der Waals surface area (Å²) in [5.74, 6) is 0. The number of fused-ring (bicyclic) bond motifs is 1. The molecule has 94 valence electrons. The molecule has 0 spiro atoms. The molecule has 0 aliphatic heterocycles. The molecule has 0 saturated heterocycles. The van der Waals surface area contributed by atoms with E-state index in [-0.39, 0.29) is 5.54 Å². The van der Waals surface area contributed by atoms with E-state index >= 15 is 0 Å². The van der Waals surface area contributed by atoms with Crippen molar-refractivity contribution >= 4 is 0 Å². The van der Waals surface area contributed by atoms with Gasteiger partial charge in [0.2, 0.25) is 0 Å². The lowest BCUT2D eigenvalue weighted by atomic mass is 10.0. The Labute approximate surface area is 105 Å². The highest BCUT2D eigenvalue weighted by atomic mass is 15.2. The van der Waals surface area contributed by atoms with Crippen molar-refractivity contribution in [2.45, 2.75) is 38.3 Å². The Hall–Kier alpha value is -0.860. The number of nitrogens with one attached hydrogen (secondary N) is 1. The zero-order valence-electron chi connectivity index (χ0n) is 11.5. The second-order valence-corrected chi connectivity index (χ2v) is 5.96. The molecule has 1 N–H and O–H groups in total. The van der Waals surface area contributed by atoms with Crippen molar-refractivity contribution in [3.05, 3.63) is 35.4 Å². The highest BCUT2D eigenvalue weighted by Crippen LogP contribution is 2.22. The summed E-state index contributed by atoms with van der Waals surface area (Å²) in [6.45, 7) is 5.60. The highest BCUT2D eigenvalue weighted by Gasteiger charge is 2.25. The van der Waals surface area contributed by atoms with Crippen LogP contribution in [0.1, 0.15) is 25.0 Å². The summed E-state index contributed by atoms with van der Waals surface area (Å²) < 4.78 is 0. The molecule has 0 saturated carbocycles. The Morgan fingerprint density at radius 1 is 1.18 bits per heavy atom. The summed E-state index contributed by atoms with van der Waals surface area (Å²) in [6.07, 6.45) is 2.36. The Morgan fingerprint density at radius 3 is 2.18 bits per heavy atom. The van der Waals surface area contributed by atoms with Crippen LogP contribution in [0.4, 0.5) is 0 Å². The molecule has 1 aromatic rings. The van der Waals surface area contributed by atoms with E-state index in [1.807, 2.05) is 0 Å². The van der Waals surface area contributed by atoms with Gasteiger partial charge in [-0.25, -0.2) is 0 Å². The lowest BCUT2D eigenvalue weighted by molar-refractivity contribution is 0.184. The molecule has 1 aliphatic carbocycles. The maximum absolute atomic E-state index is 3.71. The third-order valence-corrected chi connectivity index (χ3v) is 4.09. The van der Waals surface area contributed by atoms with E-state index in [2.05, 4.69) is 62.4 Å². The zero-order valence-corrected chi connectivity index (χ0v) is 11.5. The van der Waals surface area contributed by atoms with Crippen LogP contribution in [0.15, 0.2) is 24.3 Å². The third kappa shape index (κ3) is 2.88. The monoisotopic (exact) mass is 232 g/mol. The highest BCUT2D eigenvalue weighted by molar-refractivity contribution is 5.33. The van der Waals surface area contributed by atoms with Crippen LogP contribution in [0.2, 0.25) is 0 Å². The minimum absolute atomic E-state index is 0.217. The molecule has 0 heterocycles. The van der Waals surface area contributed by atoms with Crippen LogP contribution < -0.4 is 5.32 Å². The maximum atomic E-state index is 3.71. The van der Waals surface area contributed by atoms with Crippen molar-refractivity contribution in [2.75, 3.05) is 20.6 Å². The van der Waals surface area contributed by atoms with Crippen LogP contribution >= 0.6 is 0 Å². The Bertz CT molecular complexity index is 357. The smallest absolute Gasteiger partial charge is 0.0271 e. The van der Waals surface area contributed by atoms with E-state index < -0.39 is 0 Å². The van der Waals surface area contributed by atoms with Crippen molar-refractivity contribution in [1.29, 1.82) is 0 Å². The predicted octanol–water partition coefficient (Wildman–Crippen LogP) is 2.08. The average molecular weight is 232 g/mol. The fraction of sp³-hybridized carbons (Fsp3) is 0.600. The summed E-state index contributed by atoms with van der Waals surface area (Å²) >= 11 is 0. The van der Waals surface area contributed by atoms with Crippen molar-refractivity contribution in [3.63, 3.8) is 0 Å². The predicted molar refractivity (Wildman–Crippen MR) is 73.4 cm³/mol. The van der Waals surface area contributed by atoms with E-state index in [0.717, 1.165) is 6.54 Å². The van der Waals surface area contributed by atoms with Crippen LogP contribution in [-0.2, 0) is 12.8 Å². The molecule has 0 amide bonds. The Kier molecular flexibility index (Phi) is 3.55. The first-order chi connectivity index (χ1) is 7.99. The van der Waals surface area contributed by atoms with E-state index in [4.69, 9.17) is 0 Å². The van der Waals surface area contributed by atoms with Crippen LogP contribution in [0, 0.1) is 0 Å². The van der Waals surface area contributed by atoms with Gasteiger partial charge in [0.25, 0.3) is 0 Å². The van der Waals surface area contributed by atoms with Gasteiger partial charge in [-0.2, -0.15) is 0 Å². The number of hydrogen-bond acceptors (Lipinski definition) is 2. The number of rotatable bonds is 4. The van der Waals surface area contributed by atoms with Gasteiger partial charge in [-0.15, -0.1) is 0 Å². The third-order valence-electron chi connectivity index (χ3n) is 4.09. The van der Waals surface area contributed by atoms with Crippen LogP contribution in [0.5, 0.6) is 0 Å². The number of benzene rings is 1. The summed E-state index contributed by atoms with van der Waals surface area (Å²) in [5, 5.41) is 3.71. The molecule has 0 unspecified atom stereocenters. The quantitative estimate of drug-likeness (QED) is 0.855. The Morgan fingerprint density at radius 2 is 1.71 bits per heavy atom. The second-order valence-electron chi connectivity index (χ2n) is 5.96. The summed E-state index contributed by atoms with van der Waals surface area (Å²) in [7, 11) is 4.29. The lowest BCUT2D eigenvalue weighted by Crippen LogP contribution is -2.49. The van der Waals surface area contributed by atoms with E-state index in [9.17, 15) is 0 Å². The van der Waals surface area contributed by atoms with Gasteiger partial charge in [0.05, 0.1) is 0 Å². The van der Waals surface area contributed by atoms with Crippen LogP contribution in [0.25, 0.3) is 0 Å². The molecule has 2 heteroatoms. The molecular weight excluding hydrogens is 208 g/mol. The summed E-state index contributed by atoms with van der Waals surface area (Å²) in [4.78, 5) is 2.28. The second kappa shape index (κ2) is 4.79. The largest absolute Gasteiger partial charge is 0.311 e. The van der Waals surface area contributed by atoms with Crippen LogP contribution in [0.3, 0.4) is 0 Å². The Balaban J connectivity index is 1.88. The minimum atomic E-state index is 0.217.